The topological polar surface area (TPSA) is 82.0 Å². The quantitative estimate of drug-likeness (QED) is 0.878. The van der Waals surface area contributed by atoms with Crippen LogP contribution in [0.3, 0.4) is 0 Å². The molecule has 0 radical (unpaired) electrons. The van der Waals surface area contributed by atoms with Gasteiger partial charge >= 0.3 is 6.18 Å². The number of alkyl halides is 3. The van der Waals surface area contributed by atoms with Gasteiger partial charge in [-0.2, -0.15) is 23.2 Å². The van der Waals surface area contributed by atoms with Gasteiger partial charge in [0.1, 0.15) is 5.54 Å². The van der Waals surface area contributed by atoms with Crippen molar-refractivity contribution in [2.45, 2.75) is 23.0 Å². The molecule has 1 aromatic rings. The van der Waals surface area contributed by atoms with Crippen LogP contribution in [0.25, 0.3) is 0 Å². The number of nitriles is 1. The zero-order valence-electron chi connectivity index (χ0n) is 10.7. The second-order valence-corrected chi connectivity index (χ2v) is 6.43. The second-order valence-electron chi connectivity index (χ2n) is 4.75. The Labute approximate surface area is 119 Å². The van der Waals surface area contributed by atoms with Crippen molar-refractivity contribution in [1.82, 2.24) is 10.0 Å². The summed E-state index contributed by atoms with van der Waals surface area (Å²) in [4.78, 5) is -0.515. The van der Waals surface area contributed by atoms with Crippen LogP contribution >= 0.6 is 0 Å². The molecule has 0 aliphatic carbocycles. The van der Waals surface area contributed by atoms with Crippen molar-refractivity contribution in [3.05, 3.63) is 29.8 Å². The highest BCUT2D eigenvalue weighted by Gasteiger charge is 2.39. The van der Waals surface area contributed by atoms with Crippen LogP contribution in [0.5, 0.6) is 0 Å². The molecule has 1 aliphatic heterocycles. The number of hydrogen-bond donors (Lipinski definition) is 2. The van der Waals surface area contributed by atoms with Crippen molar-refractivity contribution in [3.63, 3.8) is 0 Å². The molecule has 0 spiro atoms. The highest BCUT2D eigenvalue weighted by Crippen LogP contribution is 2.30. The SMILES string of the molecule is N#C[C@@]1(NS(=O)(=O)c2cccc(C(F)(F)F)c2)CCNC1. The Morgan fingerprint density at radius 2 is 2.10 bits per heavy atom. The summed E-state index contributed by atoms with van der Waals surface area (Å²) < 4.78 is 64.4. The molecule has 1 heterocycles. The van der Waals surface area contributed by atoms with E-state index in [1.165, 1.54) is 0 Å². The fraction of sp³-hybridized carbons (Fsp3) is 0.417. The first-order valence-corrected chi connectivity index (χ1v) is 7.50. The van der Waals surface area contributed by atoms with Crippen molar-refractivity contribution in [3.8, 4) is 6.07 Å². The van der Waals surface area contributed by atoms with Gasteiger partial charge < -0.3 is 5.32 Å². The van der Waals surface area contributed by atoms with Crippen LogP contribution in [-0.4, -0.2) is 27.0 Å². The number of halogens is 3. The van der Waals surface area contributed by atoms with E-state index in [1.807, 2.05) is 6.07 Å². The monoisotopic (exact) mass is 319 g/mol. The van der Waals surface area contributed by atoms with Crippen LogP contribution in [0.1, 0.15) is 12.0 Å². The van der Waals surface area contributed by atoms with Crippen molar-refractivity contribution in [2.24, 2.45) is 0 Å². The molecule has 1 fully saturated rings. The molecule has 21 heavy (non-hydrogen) atoms. The smallest absolute Gasteiger partial charge is 0.314 e. The van der Waals surface area contributed by atoms with E-state index in [9.17, 15) is 21.6 Å². The van der Waals surface area contributed by atoms with Crippen molar-refractivity contribution in [2.75, 3.05) is 13.1 Å². The molecule has 114 valence electrons. The summed E-state index contributed by atoms with van der Waals surface area (Å²) in [6.45, 7) is 0.570. The zero-order valence-corrected chi connectivity index (χ0v) is 11.6. The predicted octanol–water partition coefficient (Wildman–Crippen LogP) is 1.24. The van der Waals surface area contributed by atoms with Gasteiger partial charge in [0.15, 0.2) is 0 Å². The minimum atomic E-state index is -4.63. The van der Waals surface area contributed by atoms with E-state index in [-0.39, 0.29) is 13.0 Å². The van der Waals surface area contributed by atoms with Crippen LogP contribution in [0, 0.1) is 11.3 Å². The van der Waals surface area contributed by atoms with Gasteiger partial charge in [-0.1, -0.05) is 6.07 Å². The summed E-state index contributed by atoms with van der Waals surface area (Å²) in [6.07, 6.45) is -4.38. The van der Waals surface area contributed by atoms with Crippen LogP contribution in [0.4, 0.5) is 13.2 Å². The molecule has 1 aromatic carbocycles. The van der Waals surface area contributed by atoms with E-state index in [0.29, 0.717) is 12.6 Å². The van der Waals surface area contributed by atoms with E-state index in [2.05, 4.69) is 10.0 Å². The van der Waals surface area contributed by atoms with Crippen LogP contribution in [0.2, 0.25) is 0 Å². The molecule has 0 amide bonds. The summed E-state index contributed by atoms with van der Waals surface area (Å²) in [7, 11) is -4.21. The standard InChI is InChI=1S/C12H12F3N3O2S/c13-12(14,15)9-2-1-3-10(6-9)21(19,20)18-11(7-16)4-5-17-8-11/h1-3,6,17-18H,4-5,8H2/t11-/m0/s1. The van der Waals surface area contributed by atoms with E-state index >= 15 is 0 Å². The maximum absolute atomic E-state index is 12.6. The first kappa shape index (κ1) is 15.8. The maximum atomic E-state index is 12.6. The zero-order chi connectivity index (χ0) is 15.7. The average Bonchev–Trinajstić information content (AvgIpc) is 2.86. The van der Waals surface area contributed by atoms with Gasteiger partial charge in [-0.25, -0.2) is 8.42 Å². The Morgan fingerprint density at radius 3 is 2.62 bits per heavy atom. The molecule has 5 nitrogen and oxygen atoms in total. The summed E-state index contributed by atoms with van der Waals surface area (Å²) in [5, 5.41) is 12.0. The van der Waals surface area contributed by atoms with Crippen molar-refractivity contribution < 1.29 is 21.6 Å². The molecule has 1 atom stereocenters. The number of nitrogens with zero attached hydrogens (tertiary/aromatic N) is 1. The van der Waals surface area contributed by atoms with Gasteiger partial charge in [0.05, 0.1) is 16.5 Å². The average molecular weight is 319 g/mol. The second kappa shape index (κ2) is 5.29. The molecule has 0 bridgehead atoms. The molecule has 1 saturated heterocycles. The lowest BCUT2D eigenvalue weighted by molar-refractivity contribution is -0.137. The predicted molar refractivity (Wildman–Crippen MR) is 67.6 cm³/mol. The van der Waals surface area contributed by atoms with Crippen LogP contribution in [0.15, 0.2) is 29.2 Å². The third-order valence-corrected chi connectivity index (χ3v) is 4.70. The molecule has 0 saturated carbocycles. The third-order valence-electron chi connectivity index (χ3n) is 3.17. The molecule has 1 aliphatic rings. The highest BCUT2D eigenvalue weighted by atomic mass is 32.2. The lowest BCUT2D eigenvalue weighted by atomic mass is 10.0. The Kier molecular flexibility index (Phi) is 3.97. The number of rotatable bonds is 3. The van der Waals surface area contributed by atoms with Gasteiger partial charge in [0.25, 0.3) is 0 Å². The first-order valence-electron chi connectivity index (χ1n) is 6.02. The van der Waals surface area contributed by atoms with Gasteiger partial charge in [-0.3, -0.25) is 0 Å². The summed E-state index contributed by atoms with van der Waals surface area (Å²) in [6, 6.07) is 5.29. The lowest BCUT2D eigenvalue weighted by Crippen LogP contribution is -2.48. The van der Waals surface area contributed by atoms with Gasteiger partial charge in [-0.05, 0) is 31.2 Å². The number of sulfonamides is 1. The molecule has 2 rings (SSSR count). The lowest BCUT2D eigenvalue weighted by Gasteiger charge is -2.21. The Balaban J connectivity index is 2.35. The number of benzene rings is 1. The molecule has 2 N–H and O–H groups in total. The first-order chi connectivity index (χ1) is 9.69. The van der Waals surface area contributed by atoms with E-state index < -0.39 is 32.2 Å². The normalized spacial score (nSPS) is 23.0. The van der Waals surface area contributed by atoms with Crippen molar-refractivity contribution in [1.29, 1.82) is 5.26 Å². The largest absolute Gasteiger partial charge is 0.416 e. The van der Waals surface area contributed by atoms with Crippen LogP contribution < -0.4 is 10.0 Å². The molecular weight excluding hydrogens is 307 g/mol. The number of hydrogen-bond acceptors (Lipinski definition) is 4. The third kappa shape index (κ3) is 3.34. The summed E-state index contributed by atoms with van der Waals surface area (Å²) >= 11 is 0. The minimum Gasteiger partial charge on any atom is -0.314 e. The van der Waals surface area contributed by atoms with Gasteiger partial charge in [-0.15, -0.1) is 0 Å². The number of nitrogens with one attached hydrogen (secondary N) is 2. The molecular formula is C12H12F3N3O2S. The van der Waals surface area contributed by atoms with E-state index in [1.54, 1.807) is 0 Å². The Hall–Kier alpha value is -1.63. The molecule has 0 aromatic heterocycles. The Bertz CT molecular complexity index is 674. The molecule has 9 heteroatoms. The van der Waals surface area contributed by atoms with E-state index in [4.69, 9.17) is 5.26 Å². The maximum Gasteiger partial charge on any atom is 0.416 e. The Morgan fingerprint density at radius 1 is 1.38 bits per heavy atom. The summed E-state index contributed by atoms with van der Waals surface area (Å²) in [5.41, 5.74) is -2.38. The van der Waals surface area contributed by atoms with E-state index in [0.717, 1.165) is 18.2 Å². The fourth-order valence-corrected chi connectivity index (χ4v) is 3.44. The van der Waals surface area contributed by atoms with Crippen molar-refractivity contribution >= 4 is 10.0 Å². The highest BCUT2D eigenvalue weighted by molar-refractivity contribution is 7.89. The minimum absolute atomic E-state index is 0.113. The summed E-state index contributed by atoms with van der Waals surface area (Å²) in [5.74, 6) is 0. The molecule has 0 unspecified atom stereocenters. The van der Waals surface area contributed by atoms with Gasteiger partial charge in [0, 0.05) is 6.54 Å². The van der Waals surface area contributed by atoms with Crippen LogP contribution in [-0.2, 0) is 16.2 Å². The van der Waals surface area contributed by atoms with Gasteiger partial charge in [0.2, 0.25) is 10.0 Å². The fourth-order valence-electron chi connectivity index (χ4n) is 2.05.